The summed E-state index contributed by atoms with van der Waals surface area (Å²) in [5, 5.41) is 13.9. The van der Waals surface area contributed by atoms with Crippen molar-refractivity contribution in [1.82, 2.24) is 5.32 Å². The fraction of sp³-hybridized carbons (Fsp3) is 0.571. The normalized spacial score (nSPS) is 15.6. The van der Waals surface area contributed by atoms with Gasteiger partial charge in [-0.15, -0.1) is 0 Å². The van der Waals surface area contributed by atoms with E-state index in [1.165, 1.54) is 24.8 Å². The van der Waals surface area contributed by atoms with Gasteiger partial charge in [0.2, 0.25) is 5.79 Å². The molecule has 0 spiro atoms. The minimum absolute atomic E-state index is 0.508. The van der Waals surface area contributed by atoms with E-state index in [9.17, 15) is 5.11 Å². The van der Waals surface area contributed by atoms with Crippen molar-refractivity contribution in [3.05, 3.63) is 65.2 Å². The number of nitrogens with one attached hydrogen (secondary N) is 1. The summed E-state index contributed by atoms with van der Waals surface area (Å²) in [5.41, 5.74) is 3.30. The molecule has 3 rings (SSSR count). The highest BCUT2D eigenvalue weighted by Gasteiger charge is 2.27. The van der Waals surface area contributed by atoms with Gasteiger partial charge < -0.3 is 24.6 Å². The maximum absolute atomic E-state index is 10.5. The SMILES string of the molecule is CC1(C)OCc2cc([C@H](O)CNCCCCCCOCCCCc3ccccc3)ccc2O1. The third-order valence-corrected chi connectivity index (χ3v) is 5.98. The molecule has 2 aromatic carbocycles. The summed E-state index contributed by atoms with van der Waals surface area (Å²) >= 11 is 0. The number of hydrogen-bond acceptors (Lipinski definition) is 5. The highest BCUT2D eigenvalue weighted by atomic mass is 16.7. The number of ether oxygens (including phenoxy) is 3. The second-order valence-corrected chi connectivity index (χ2v) is 9.35. The van der Waals surface area contributed by atoms with Gasteiger partial charge in [-0.2, -0.15) is 0 Å². The quantitative estimate of drug-likeness (QED) is 0.345. The minimum atomic E-state index is -0.594. The summed E-state index contributed by atoms with van der Waals surface area (Å²) in [6.45, 7) is 7.52. The topological polar surface area (TPSA) is 60.0 Å². The van der Waals surface area contributed by atoms with Crippen LogP contribution in [0.3, 0.4) is 0 Å². The molecule has 1 aliphatic rings. The molecule has 0 saturated heterocycles. The van der Waals surface area contributed by atoms with Crippen LogP contribution in [0.4, 0.5) is 0 Å². The van der Waals surface area contributed by atoms with Gasteiger partial charge in [0.25, 0.3) is 0 Å². The first-order valence-electron chi connectivity index (χ1n) is 12.5. The Kier molecular flexibility index (Phi) is 10.7. The highest BCUT2D eigenvalue weighted by molar-refractivity contribution is 5.39. The van der Waals surface area contributed by atoms with Crippen LogP contribution >= 0.6 is 0 Å². The Hall–Kier alpha value is -1.92. The molecule has 0 bridgehead atoms. The molecule has 0 saturated carbocycles. The summed E-state index contributed by atoms with van der Waals surface area (Å²) in [7, 11) is 0. The van der Waals surface area contributed by atoms with E-state index in [-0.39, 0.29) is 0 Å². The number of benzene rings is 2. The first-order valence-corrected chi connectivity index (χ1v) is 12.5. The van der Waals surface area contributed by atoms with E-state index in [0.29, 0.717) is 13.2 Å². The predicted octanol–water partition coefficient (Wildman–Crippen LogP) is 5.55. The Morgan fingerprint density at radius 1 is 0.970 bits per heavy atom. The molecule has 1 atom stereocenters. The van der Waals surface area contributed by atoms with Gasteiger partial charge in [-0.3, -0.25) is 0 Å². The molecule has 33 heavy (non-hydrogen) atoms. The van der Waals surface area contributed by atoms with Crippen molar-refractivity contribution >= 4 is 0 Å². The summed E-state index contributed by atoms with van der Waals surface area (Å²) in [6, 6.07) is 16.5. The van der Waals surface area contributed by atoms with Crippen molar-refractivity contribution in [2.75, 3.05) is 26.3 Å². The Bertz CT molecular complexity index is 809. The monoisotopic (exact) mass is 455 g/mol. The van der Waals surface area contributed by atoms with Gasteiger partial charge >= 0.3 is 0 Å². The summed E-state index contributed by atoms with van der Waals surface area (Å²) < 4.78 is 17.3. The van der Waals surface area contributed by atoms with E-state index in [2.05, 4.69) is 35.6 Å². The fourth-order valence-corrected chi connectivity index (χ4v) is 4.01. The molecule has 0 radical (unpaired) electrons. The largest absolute Gasteiger partial charge is 0.463 e. The molecule has 182 valence electrons. The molecular weight excluding hydrogens is 414 g/mol. The van der Waals surface area contributed by atoms with Crippen molar-refractivity contribution in [1.29, 1.82) is 0 Å². The van der Waals surface area contributed by atoms with Gasteiger partial charge in [-0.25, -0.2) is 0 Å². The third-order valence-electron chi connectivity index (χ3n) is 5.98. The lowest BCUT2D eigenvalue weighted by molar-refractivity contribution is -0.180. The Morgan fingerprint density at radius 2 is 1.73 bits per heavy atom. The maximum atomic E-state index is 10.5. The van der Waals surface area contributed by atoms with E-state index < -0.39 is 11.9 Å². The third kappa shape index (κ3) is 9.46. The number of aliphatic hydroxyl groups excluding tert-OH is 1. The first kappa shape index (κ1) is 25.7. The van der Waals surface area contributed by atoms with Crippen molar-refractivity contribution in [3.63, 3.8) is 0 Å². The average Bonchev–Trinajstić information content (AvgIpc) is 2.81. The van der Waals surface area contributed by atoms with Crippen molar-refractivity contribution < 1.29 is 19.3 Å². The molecule has 0 aliphatic carbocycles. The van der Waals surface area contributed by atoms with E-state index in [1.54, 1.807) is 0 Å². The van der Waals surface area contributed by atoms with Gasteiger partial charge in [0.1, 0.15) is 5.75 Å². The first-order chi connectivity index (χ1) is 16.0. The summed E-state index contributed by atoms with van der Waals surface area (Å²) in [4.78, 5) is 0. The molecule has 0 unspecified atom stereocenters. The van der Waals surface area contributed by atoms with E-state index in [1.807, 2.05) is 32.0 Å². The lowest BCUT2D eigenvalue weighted by Crippen LogP contribution is -2.35. The molecule has 5 nitrogen and oxygen atoms in total. The number of unbranched alkanes of at least 4 members (excludes halogenated alkanes) is 4. The zero-order chi connectivity index (χ0) is 23.4. The Balaban J connectivity index is 1.15. The Labute approximate surface area is 199 Å². The number of aliphatic hydroxyl groups is 1. The number of hydrogen-bond donors (Lipinski definition) is 2. The number of fused-ring (bicyclic) bond motifs is 1. The fourth-order valence-electron chi connectivity index (χ4n) is 4.01. The van der Waals surface area contributed by atoms with Crippen molar-refractivity contribution in [2.45, 2.75) is 77.3 Å². The van der Waals surface area contributed by atoms with Gasteiger partial charge in [-0.1, -0.05) is 49.2 Å². The zero-order valence-electron chi connectivity index (χ0n) is 20.4. The molecule has 0 fully saturated rings. The van der Waals surface area contributed by atoms with Crippen LogP contribution in [0.15, 0.2) is 48.5 Å². The molecule has 1 aliphatic heterocycles. The molecule has 5 heteroatoms. The molecule has 0 aromatic heterocycles. The predicted molar refractivity (Wildman–Crippen MR) is 132 cm³/mol. The maximum Gasteiger partial charge on any atom is 0.205 e. The Morgan fingerprint density at radius 3 is 2.55 bits per heavy atom. The minimum Gasteiger partial charge on any atom is -0.463 e. The molecule has 1 heterocycles. The van der Waals surface area contributed by atoms with Crippen LogP contribution in [0.2, 0.25) is 0 Å². The van der Waals surface area contributed by atoms with E-state index in [0.717, 1.165) is 62.3 Å². The van der Waals surface area contributed by atoms with Gasteiger partial charge in [-0.05, 0) is 61.9 Å². The van der Waals surface area contributed by atoms with E-state index in [4.69, 9.17) is 14.2 Å². The standard InChI is InChI=1S/C28H41NO4/c1-28(2)32-22-25-20-24(15-16-27(25)33-28)26(30)21-29-17-9-3-4-10-18-31-19-11-8-14-23-12-6-5-7-13-23/h5-7,12-13,15-16,20,26,29-30H,3-4,8-11,14,17-19,21-22H2,1-2H3/t26-/m1/s1. The average molecular weight is 456 g/mol. The van der Waals surface area contributed by atoms with Crippen molar-refractivity contribution in [3.8, 4) is 5.75 Å². The van der Waals surface area contributed by atoms with Crippen LogP contribution in [0.25, 0.3) is 0 Å². The smallest absolute Gasteiger partial charge is 0.205 e. The van der Waals surface area contributed by atoms with Crippen LogP contribution in [0.5, 0.6) is 5.75 Å². The van der Waals surface area contributed by atoms with E-state index >= 15 is 0 Å². The number of aryl methyl sites for hydroxylation is 1. The molecule has 0 amide bonds. The molecular formula is C28H41NO4. The van der Waals surface area contributed by atoms with Crippen LogP contribution in [0.1, 0.15) is 75.2 Å². The second kappa shape index (κ2) is 13.7. The molecule has 2 aromatic rings. The van der Waals surface area contributed by atoms with Crippen LogP contribution in [0, 0.1) is 0 Å². The zero-order valence-corrected chi connectivity index (χ0v) is 20.4. The van der Waals surface area contributed by atoms with Crippen molar-refractivity contribution in [2.24, 2.45) is 0 Å². The molecule has 2 N–H and O–H groups in total. The lowest BCUT2D eigenvalue weighted by atomic mass is 10.0. The van der Waals surface area contributed by atoms with Gasteiger partial charge in [0.15, 0.2) is 0 Å². The summed E-state index contributed by atoms with van der Waals surface area (Å²) in [6.07, 6.45) is 7.54. The number of rotatable bonds is 15. The highest BCUT2D eigenvalue weighted by Crippen LogP contribution is 2.32. The second-order valence-electron chi connectivity index (χ2n) is 9.35. The van der Waals surface area contributed by atoms with Gasteiger partial charge in [0.05, 0.1) is 12.7 Å². The van der Waals surface area contributed by atoms with Crippen LogP contribution in [-0.2, 0) is 22.5 Å². The van der Waals surface area contributed by atoms with Crippen LogP contribution in [-0.4, -0.2) is 37.2 Å². The summed E-state index contributed by atoms with van der Waals surface area (Å²) in [5.74, 6) is 0.245. The van der Waals surface area contributed by atoms with Crippen LogP contribution < -0.4 is 10.1 Å². The van der Waals surface area contributed by atoms with Gasteiger partial charge in [0, 0.05) is 39.2 Å². The lowest BCUT2D eigenvalue weighted by Gasteiger charge is -2.33.